The second-order valence-corrected chi connectivity index (χ2v) is 7.63. The summed E-state index contributed by atoms with van der Waals surface area (Å²) < 4.78 is 1.47. The zero-order valence-corrected chi connectivity index (χ0v) is 21.1. The van der Waals surface area contributed by atoms with Crippen molar-refractivity contribution in [2.45, 2.75) is 40.2 Å². The predicted molar refractivity (Wildman–Crippen MR) is 142 cm³/mol. The number of nitrogens with two attached hydrogens (primary N) is 1. The van der Waals surface area contributed by atoms with E-state index in [1.54, 1.807) is 12.1 Å². The molecule has 4 N–H and O–H groups in total. The SMILES string of the molecule is CCNC(C)=O.CCc1cccc(-c2ccc(=O)n(Cc3cccc(N)c3)n2)c1.O=CCCNC=O. The van der Waals surface area contributed by atoms with Gasteiger partial charge in [-0.25, -0.2) is 4.68 Å². The van der Waals surface area contributed by atoms with Crippen molar-refractivity contribution < 1.29 is 14.4 Å². The first kappa shape index (κ1) is 29.8. The van der Waals surface area contributed by atoms with Gasteiger partial charge in [-0.2, -0.15) is 5.10 Å². The normalized spacial score (nSPS) is 9.53. The molecule has 0 aliphatic heterocycles. The molecule has 2 amide bonds. The highest BCUT2D eigenvalue weighted by Gasteiger charge is 2.05. The van der Waals surface area contributed by atoms with E-state index in [-0.39, 0.29) is 11.5 Å². The zero-order valence-electron chi connectivity index (χ0n) is 21.1. The number of hydrogen-bond acceptors (Lipinski definition) is 6. The van der Waals surface area contributed by atoms with Gasteiger partial charge in [0.05, 0.1) is 12.2 Å². The molecule has 0 spiro atoms. The van der Waals surface area contributed by atoms with Crippen LogP contribution in [0.1, 0.15) is 38.3 Å². The summed E-state index contributed by atoms with van der Waals surface area (Å²) >= 11 is 0. The average Bonchev–Trinajstić information content (AvgIpc) is 2.86. The molecule has 0 saturated carbocycles. The fourth-order valence-corrected chi connectivity index (χ4v) is 2.98. The number of aldehydes is 1. The smallest absolute Gasteiger partial charge is 0.267 e. The summed E-state index contributed by atoms with van der Waals surface area (Å²) in [5, 5.41) is 9.41. The van der Waals surface area contributed by atoms with Gasteiger partial charge < -0.3 is 21.2 Å². The lowest BCUT2D eigenvalue weighted by atomic mass is 10.1. The van der Waals surface area contributed by atoms with Crippen LogP contribution >= 0.6 is 0 Å². The molecule has 0 fully saturated rings. The molecule has 2 aromatic carbocycles. The van der Waals surface area contributed by atoms with E-state index in [1.807, 2.05) is 43.3 Å². The van der Waals surface area contributed by atoms with Crippen LogP contribution in [0, 0.1) is 0 Å². The number of aryl methyl sites for hydroxylation is 1. The number of hydrogen-bond donors (Lipinski definition) is 3. The van der Waals surface area contributed by atoms with Crippen LogP contribution in [0.2, 0.25) is 0 Å². The first-order chi connectivity index (χ1) is 17.3. The Bertz CT molecular complexity index is 1150. The molecule has 0 radical (unpaired) electrons. The van der Waals surface area contributed by atoms with Crippen molar-refractivity contribution in [2.75, 3.05) is 18.8 Å². The van der Waals surface area contributed by atoms with Crippen LogP contribution in [0.3, 0.4) is 0 Å². The molecule has 36 heavy (non-hydrogen) atoms. The van der Waals surface area contributed by atoms with Crippen molar-refractivity contribution in [2.24, 2.45) is 0 Å². The number of nitrogens with one attached hydrogen (secondary N) is 2. The standard InChI is InChI=1S/C19H19N3O.C4H7NO2.C4H9NO/c1-2-14-5-3-7-16(11-14)18-9-10-19(23)22(21-18)13-15-6-4-8-17(20)12-15;6-3-1-2-5-4-7;1-3-5-4(2)6/h3-12H,2,13,20H2,1H3;3-4H,1-2H2,(H,5,7);3H2,1-2H3,(H,5,6). The van der Waals surface area contributed by atoms with Gasteiger partial charge in [0, 0.05) is 43.8 Å². The Labute approximate surface area is 211 Å². The first-order valence-corrected chi connectivity index (χ1v) is 11.7. The van der Waals surface area contributed by atoms with Gasteiger partial charge in [0.15, 0.2) is 0 Å². The topological polar surface area (TPSA) is 136 Å². The van der Waals surface area contributed by atoms with Crippen LogP contribution in [0.4, 0.5) is 5.69 Å². The van der Waals surface area contributed by atoms with Gasteiger partial charge in [0.1, 0.15) is 6.29 Å². The summed E-state index contributed by atoms with van der Waals surface area (Å²) in [4.78, 5) is 41.0. The average molecular weight is 494 g/mol. The maximum atomic E-state index is 12.1. The fraction of sp³-hybridized carbons (Fsp3) is 0.296. The van der Waals surface area contributed by atoms with Gasteiger partial charge in [-0.3, -0.25) is 14.4 Å². The van der Waals surface area contributed by atoms with Gasteiger partial charge in [-0.15, -0.1) is 0 Å². The van der Waals surface area contributed by atoms with Crippen molar-refractivity contribution in [1.29, 1.82) is 0 Å². The molecule has 1 aromatic heterocycles. The number of nitrogen functional groups attached to an aromatic ring is 1. The Morgan fingerprint density at radius 2 is 1.75 bits per heavy atom. The fourth-order valence-electron chi connectivity index (χ4n) is 2.98. The molecule has 0 unspecified atom stereocenters. The largest absolute Gasteiger partial charge is 0.399 e. The summed E-state index contributed by atoms with van der Waals surface area (Å²) in [6.45, 7) is 7.10. The molecule has 3 rings (SSSR count). The van der Waals surface area contributed by atoms with Crippen molar-refractivity contribution in [1.82, 2.24) is 20.4 Å². The quantitative estimate of drug-likeness (QED) is 0.238. The van der Waals surface area contributed by atoms with Gasteiger partial charge in [-0.1, -0.05) is 37.3 Å². The van der Waals surface area contributed by atoms with Crippen LogP contribution in [0.5, 0.6) is 0 Å². The van der Waals surface area contributed by atoms with Gasteiger partial charge in [0.2, 0.25) is 12.3 Å². The molecule has 0 saturated heterocycles. The van der Waals surface area contributed by atoms with E-state index < -0.39 is 0 Å². The molecule has 9 heteroatoms. The second kappa shape index (κ2) is 17.2. The third kappa shape index (κ3) is 11.7. The molecular formula is C27H35N5O4. The van der Waals surface area contributed by atoms with Crippen LogP contribution < -0.4 is 21.9 Å². The molecule has 3 aromatic rings. The number of benzene rings is 2. The van der Waals surface area contributed by atoms with Crippen molar-refractivity contribution in [3.05, 3.63) is 82.1 Å². The predicted octanol–water partition coefficient (Wildman–Crippen LogP) is 2.57. The maximum Gasteiger partial charge on any atom is 0.267 e. The van der Waals surface area contributed by atoms with Crippen molar-refractivity contribution >= 4 is 24.3 Å². The lowest BCUT2D eigenvalue weighted by molar-refractivity contribution is -0.119. The molecule has 0 aliphatic carbocycles. The Balaban J connectivity index is 0.000000413. The summed E-state index contributed by atoms with van der Waals surface area (Å²) in [5.41, 5.74) is 10.4. The number of nitrogens with zero attached hydrogens (tertiary/aromatic N) is 2. The summed E-state index contributed by atoms with van der Waals surface area (Å²) in [6, 6.07) is 19.1. The van der Waals surface area contributed by atoms with E-state index in [1.165, 1.54) is 17.2 Å². The van der Waals surface area contributed by atoms with Crippen LogP contribution in [-0.2, 0) is 27.3 Å². The van der Waals surface area contributed by atoms with Gasteiger partial charge >= 0.3 is 0 Å². The summed E-state index contributed by atoms with van der Waals surface area (Å²) in [6.07, 6.45) is 2.70. The molecule has 0 aliphatic rings. The molecular weight excluding hydrogens is 458 g/mol. The molecule has 0 atom stereocenters. The summed E-state index contributed by atoms with van der Waals surface area (Å²) in [5.74, 6) is 0.0394. The molecule has 9 nitrogen and oxygen atoms in total. The van der Waals surface area contributed by atoms with Crippen LogP contribution in [0.15, 0.2) is 65.5 Å². The minimum absolute atomic E-state index is 0.0394. The highest BCUT2D eigenvalue weighted by atomic mass is 16.1. The third-order valence-corrected chi connectivity index (χ3v) is 4.70. The number of carbonyl (C=O) groups is 3. The van der Waals surface area contributed by atoms with E-state index in [2.05, 4.69) is 34.8 Å². The Kier molecular flexibility index (Phi) is 14.2. The lowest BCUT2D eigenvalue weighted by Crippen LogP contribution is -2.22. The van der Waals surface area contributed by atoms with Crippen LogP contribution in [-0.4, -0.2) is 41.5 Å². The highest BCUT2D eigenvalue weighted by Crippen LogP contribution is 2.17. The van der Waals surface area contributed by atoms with E-state index >= 15 is 0 Å². The number of rotatable bonds is 9. The number of anilines is 1. The number of aromatic nitrogens is 2. The Morgan fingerprint density at radius 1 is 1.03 bits per heavy atom. The second-order valence-electron chi connectivity index (χ2n) is 7.63. The van der Waals surface area contributed by atoms with Crippen molar-refractivity contribution in [3.63, 3.8) is 0 Å². The minimum Gasteiger partial charge on any atom is -0.399 e. The maximum absolute atomic E-state index is 12.1. The number of carbonyl (C=O) groups excluding carboxylic acids is 3. The molecule has 0 bridgehead atoms. The molecule has 1 heterocycles. The molecule has 192 valence electrons. The lowest BCUT2D eigenvalue weighted by Gasteiger charge is -2.08. The van der Waals surface area contributed by atoms with Gasteiger partial charge in [0.25, 0.3) is 5.56 Å². The van der Waals surface area contributed by atoms with E-state index in [0.29, 0.717) is 31.6 Å². The Morgan fingerprint density at radius 3 is 2.33 bits per heavy atom. The van der Waals surface area contributed by atoms with E-state index in [9.17, 15) is 19.2 Å². The third-order valence-electron chi connectivity index (χ3n) is 4.70. The number of amides is 2. The zero-order chi connectivity index (χ0) is 26.8. The first-order valence-electron chi connectivity index (χ1n) is 11.7. The Hall–Kier alpha value is -4.27. The van der Waals surface area contributed by atoms with Gasteiger partial charge in [-0.05, 0) is 48.7 Å². The summed E-state index contributed by atoms with van der Waals surface area (Å²) in [7, 11) is 0. The van der Waals surface area contributed by atoms with E-state index in [0.717, 1.165) is 36.1 Å². The monoisotopic (exact) mass is 493 g/mol. The highest BCUT2D eigenvalue weighted by molar-refractivity contribution is 5.72. The minimum atomic E-state index is -0.122. The van der Waals surface area contributed by atoms with Crippen LogP contribution in [0.25, 0.3) is 11.3 Å². The van der Waals surface area contributed by atoms with Crippen molar-refractivity contribution in [3.8, 4) is 11.3 Å². The van der Waals surface area contributed by atoms with E-state index in [4.69, 9.17) is 5.73 Å².